The van der Waals surface area contributed by atoms with Gasteiger partial charge in [-0.15, -0.1) is 11.3 Å². The second-order valence-electron chi connectivity index (χ2n) is 8.24. The molecule has 1 aromatic heterocycles. The summed E-state index contributed by atoms with van der Waals surface area (Å²) in [4.78, 5) is 16.9. The van der Waals surface area contributed by atoms with E-state index < -0.39 is 10.0 Å². The Morgan fingerprint density at radius 1 is 1.12 bits per heavy atom. The minimum absolute atomic E-state index is 0.173. The van der Waals surface area contributed by atoms with Crippen LogP contribution in [0.5, 0.6) is 0 Å². The number of halogens is 1. The van der Waals surface area contributed by atoms with Crippen molar-refractivity contribution in [3.8, 4) is 0 Å². The van der Waals surface area contributed by atoms with E-state index in [1.165, 1.54) is 9.18 Å². The molecule has 1 unspecified atom stereocenters. The van der Waals surface area contributed by atoms with Crippen molar-refractivity contribution < 1.29 is 13.2 Å². The standard InChI is InChI=1S/C25H27BrN2O3S2/c1-3-14-27(33(30,31)21-10-8-20(26)9-11-21)17-24(29)28-15-12-23-22(13-16-32-23)25(28)19-6-4-18(2)5-7-19/h4-11,13,16,25H,3,12,14-15,17H2,1-2H3. The van der Waals surface area contributed by atoms with Gasteiger partial charge in [-0.25, -0.2) is 8.42 Å². The van der Waals surface area contributed by atoms with Crippen LogP contribution in [0.25, 0.3) is 0 Å². The maximum atomic E-state index is 13.6. The Morgan fingerprint density at radius 3 is 2.48 bits per heavy atom. The molecule has 33 heavy (non-hydrogen) atoms. The number of hydrogen-bond donors (Lipinski definition) is 0. The topological polar surface area (TPSA) is 57.7 Å². The highest BCUT2D eigenvalue weighted by molar-refractivity contribution is 9.10. The van der Waals surface area contributed by atoms with Gasteiger partial charge in [-0.3, -0.25) is 4.79 Å². The minimum atomic E-state index is -3.78. The predicted octanol–water partition coefficient (Wildman–Crippen LogP) is 5.39. The van der Waals surface area contributed by atoms with Crippen LogP contribution >= 0.6 is 27.3 Å². The molecule has 0 fully saturated rings. The average Bonchev–Trinajstić information content (AvgIpc) is 3.28. The number of sulfonamides is 1. The summed E-state index contributed by atoms with van der Waals surface area (Å²) >= 11 is 5.06. The molecule has 3 aromatic rings. The van der Waals surface area contributed by atoms with Gasteiger partial charge in [-0.1, -0.05) is 52.7 Å². The largest absolute Gasteiger partial charge is 0.330 e. The van der Waals surface area contributed by atoms with Gasteiger partial charge in [0.05, 0.1) is 17.5 Å². The molecule has 0 saturated heterocycles. The number of fused-ring (bicyclic) bond motifs is 1. The normalized spacial score (nSPS) is 16.1. The molecule has 0 radical (unpaired) electrons. The summed E-state index contributed by atoms with van der Waals surface area (Å²) in [6, 6.07) is 16.7. The molecule has 0 saturated carbocycles. The first-order chi connectivity index (χ1) is 15.8. The Kier molecular flexibility index (Phi) is 7.38. The third-order valence-corrected chi connectivity index (χ3v) is 9.30. The zero-order chi connectivity index (χ0) is 23.6. The van der Waals surface area contributed by atoms with E-state index in [0.717, 1.165) is 27.6 Å². The molecule has 1 aliphatic heterocycles. The first-order valence-corrected chi connectivity index (χ1v) is 14.1. The fraction of sp³-hybridized carbons (Fsp3) is 0.320. The van der Waals surface area contributed by atoms with Crippen molar-refractivity contribution in [3.63, 3.8) is 0 Å². The number of amides is 1. The molecule has 4 rings (SSSR count). The average molecular weight is 548 g/mol. The molecule has 8 heteroatoms. The van der Waals surface area contributed by atoms with Crippen LogP contribution in [0.3, 0.4) is 0 Å². The predicted molar refractivity (Wildman–Crippen MR) is 136 cm³/mol. The molecular formula is C25H27BrN2O3S2. The summed E-state index contributed by atoms with van der Waals surface area (Å²) in [6.45, 7) is 4.65. The van der Waals surface area contributed by atoms with Gasteiger partial charge in [0.1, 0.15) is 0 Å². The van der Waals surface area contributed by atoms with E-state index in [2.05, 4.69) is 51.6 Å². The van der Waals surface area contributed by atoms with Gasteiger partial charge >= 0.3 is 0 Å². The first-order valence-electron chi connectivity index (χ1n) is 11.0. The van der Waals surface area contributed by atoms with Crippen LogP contribution < -0.4 is 0 Å². The molecule has 5 nitrogen and oxygen atoms in total. The van der Waals surface area contributed by atoms with Crippen LogP contribution in [0, 0.1) is 6.92 Å². The Morgan fingerprint density at radius 2 is 1.82 bits per heavy atom. The maximum Gasteiger partial charge on any atom is 0.243 e. The maximum absolute atomic E-state index is 13.6. The number of carbonyl (C=O) groups excluding carboxylic acids is 1. The quantitative estimate of drug-likeness (QED) is 0.399. The zero-order valence-corrected chi connectivity index (χ0v) is 21.9. The fourth-order valence-electron chi connectivity index (χ4n) is 4.22. The number of hydrogen-bond acceptors (Lipinski definition) is 4. The molecule has 1 amide bonds. The second-order valence-corrected chi connectivity index (χ2v) is 12.1. The van der Waals surface area contributed by atoms with Crippen molar-refractivity contribution in [1.82, 2.24) is 9.21 Å². The molecule has 0 N–H and O–H groups in total. The van der Waals surface area contributed by atoms with Gasteiger partial charge in [0.15, 0.2) is 0 Å². The molecular weight excluding hydrogens is 520 g/mol. The van der Waals surface area contributed by atoms with Crippen LogP contribution in [-0.4, -0.2) is 43.2 Å². The van der Waals surface area contributed by atoms with Crippen molar-refractivity contribution in [2.75, 3.05) is 19.6 Å². The Labute approximate surface area is 208 Å². The lowest BCUT2D eigenvalue weighted by atomic mass is 9.92. The molecule has 2 heterocycles. The number of aryl methyl sites for hydroxylation is 1. The van der Waals surface area contributed by atoms with E-state index in [9.17, 15) is 13.2 Å². The number of benzene rings is 2. The highest BCUT2D eigenvalue weighted by Gasteiger charge is 2.35. The molecule has 1 atom stereocenters. The second kappa shape index (κ2) is 10.1. The van der Waals surface area contributed by atoms with Crippen LogP contribution in [0.4, 0.5) is 0 Å². The lowest BCUT2D eigenvalue weighted by Crippen LogP contribution is -2.46. The van der Waals surface area contributed by atoms with E-state index in [4.69, 9.17) is 0 Å². The number of rotatable bonds is 7. The van der Waals surface area contributed by atoms with Crippen LogP contribution in [0.1, 0.15) is 41.0 Å². The van der Waals surface area contributed by atoms with E-state index in [0.29, 0.717) is 13.0 Å². The van der Waals surface area contributed by atoms with Gasteiger partial charge in [0.2, 0.25) is 15.9 Å². The summed E-state index contributed by atoms with van der Waals surface area (Å²) < 4.78 is 28.8. The van der Waals surface area contributed by atoms with Crippen molar-refractivity contribution in [2.45, 2.75) is 37.6 Å². The van der Waals surface area contributed by atoms with Gasteiger partial charge in [0.25, 0.3) is 0 Å². The van der Waals surface area contributed by atoms with Crippen molar-refractivity contribution in [3.05, 3.63) is 86.0 Å². The van der Waals surface area contributed by atoms with Gasteiger partial charge in [-0.2, -0.15) is 4.31 Å². The van der Waals surface area contributed by atoms with Gasteiger partial charge in [-0.05, 0) is 66.6 Å². The number of carbonyl (C=O) groups is 1. The van der Waals surface area contributed by atoms with E-state index >= 15 is 0 Å². The highest BCUT2D eigenvalue weighted by Crippen LogP contribution is 2.38. The molecule has 0 spiro atoms. The summed E-state index contributed by atoms with van der Waals surface area (Å²) in [7, 11) is -3.78. The summed E-state index contributed by atoms with van der Waals surface area (Å²) in [5, 5.41) is 2.07. The minimum Gasteiger partial charge on any atom is -0.330 e. The van der Waals surface area contributed by atoms with Crippen molar-refractivity contribution >= 4 is 43.2 Å². The lowest BCUT2D eigenvalue weighted by molar-refractivity contribution is -0.133. The lowest BCUT2D eigenvalue weighted by Gasteiger charge is -2.37. The van der Waals surface area contributed by atoms with Gasteiger partial charge in [0, 0.05) is 22.4 Å². The Balaban J connectivity index is 1.64. The van der Waals surface area contributed by atoms with Crippen LogP contribution in [-0.2, 0) is 21.2 Å². The SMILES string of the molecule is CCCN(CC(=O)N1CCc2sccc2C1c1ccc(C)cc1)S(=O)(=O)c1ccc(Br)cc1. The third-order valence-electron chi connectivity index (χ3n) is 5.92. The molecule has 174 valence electrons. The van der Waals surface area contributed by atoms with Crippen LogP contribution in [0.15, 0.2) is 69.3 Å². The van der Waals surface area contributed by atoms with Crippen molar-refractivity contribution in [2.24, 2.45) is 0 Å². The summed E-state index contributed by atoms with van der Waals surface area (Å²) in [5.74, 6) is -0.174. The molecule has 2 aromatic carbocycles. The van der Waals surface area contributed by atoms with E-state index in [1.54, 1.807) is 35.6 Å². The smallest absolute Gasteiger partial charge is 0.243 e. The summed E-state index contributed by atoms with van der Waals surface area (Å²) in [5.41, 5.74) is 3.35. The highest BCUT2D eigenvalue weighted by atomic mass is 79.9. The summed E-state index contributed by atoms with van der Waals surface area (Å²) in [6.07, 6.45) is 1.41. The molecule has 1 aliphatic rings. The Hall–Kier alpha value is -2.00. The van der Waals surface area contributed by atoms with Crippen molar-refractivity contribution in [1.29, 1.82) is 0 Å². The number of nitrogens with zero attached hydrogens (tertiary/aromatic N) is 2. The van der Waals surface area contributed by atoms with Gasteiger partial charge < -0.3 is 4.90 Å². The van der Waals surface area contributed by atoms with E-state index in [1.807, 2.05) is 18.7 Å². The Bertz CT molecular complexity index is 1220. The molecule has 0 bridgehead atoms. The zero-order valence-electron chi connectivity index (χ0n) is 18.7. The first kappa shape index (κ1) is 24.1. The fourth-order valence-corrected chi connectivity index (χ4v) is 6.87. The van der Waals surface area contributed by atoms with Crippen LogP contribution in [0.2, 0.25) is 0 Å². The molecule has 0 aliphatic carbocycles. The van der Waals surface area contributed by atoms with E-state index in [-0.39, 0.29) is 29.9 Å². The number of thiophene rings is 1. The third kappa shape index (κ3) is 5.09. The monoisotopic (exact) mass is 546 g/mol.